The second kappa shape index (κ2) is 9.86. The quantitative estimate of drug-likeness (QED) is 0.594. The van der Waals surface area contributed by atoms with E-state index in [-0.39, 0.29) is 29.9 Å². The van der Waals surface area contributed by atoms with Gasteiger partial charge in [0.1, 0.15) is 0 Å². The van der Waals surface area contributed by atoms with Gasteiger partial charge in [0.15, 0.2) is 0 Å². The molecule has 170 valence electrons. The van der Waals surface area contributed by atoms with Crippen LogP contribution in [0.2, 0.25) is 10.0 Å². The number of rotatable bonds is 6. The van der Waals surface area contributed by atoms with Crippen molar-refractivity contribution in [2.75, 3.05) is 26.2 Å². The van der Waals surface area contributed by atoms with Crippen LogP contribution in [0, 0.1) is 5.92 Å². The second-order valence-electron chi connectivity index (χ2n) is 7.49. The largest absolute Gasteiger partial charge is 0.372 e. The highest BCUT2D eigenvalue weighted by atomic mass is 35.5. The maximum absolute atomic E-state index is 13.0. The molecule has 0 unspecified atom stereocenters. The van der Waals surface area contributed by atoms with Crippen molar-refractivity contribution in [1.82, 2.24) is 10.0 Å². The van der Waals surface area contributed by atoms with Gasteiger partial charge in [0.25, 0.3) is 0 Å². The molecule has 0 bridgehead atoms. The Morgan fingerprint density at radius 3 is 2.75 bits per heavy atom. The summed E-state index contributed by atoms with van der Waals surface area (Å²) in [6.45, 7) is 1.85. The van der Waals surface area contributed by atoms with E-state index in [1.54, 1.807) is 24.3 Å². The fourth-order valence-corrected chi connectivity index (χ4v) is 5.08. The minimum atomic E-state index is -3.82. The number of sulfonamides is 1. The third-order valence-electron chi connectivity index (χ3n) is 5.27. The predicted molar refractivity (Wildman–Crippen MR) is 120 cm³/mol. The molecule has 1 saturated heterocycles. The molecule has 0 spiro atoms. The Hall–Kier alpha value is -2.01. The van der Waals surface area contributed by atoms with Gasteiger partial charge in [0.05, 0.1) is 39.8 Å². The molecule has 0 saturated carbocycles. The zero-order chi connectivity index (χ0) is 22.7. The fraction of sp³-hybridized carbons (Fsp3) is 0.333. The Labute approximate surface area is 195 Å². The summed E-state index contributed by atoms with van der Waals surface area (Å²) in [7, 11) is -3.82. The second-order valence-corrected chi connectivity index (χ2v) is 10.1. The molecule has 2 aliphatic heterocycles. The van der Waals surface area contributed by atoms with E-state index in [0.29, 0.717) is 41.0 Å². The van der Waals surface area contributed by atoms with Gasteiger partial charge in [-0.3, -0.25) is 0 Å². The summed E-state index contributed by atoms with van der Waals surface area (Å²) in [5.74, 6) is -0.654. The molecule has 0 radical (unpaired) electrons. The molecular weight excluding hydrogens is 477 g/mol. The van der Waals surface area contributed by atoms with Crippen molar-refractivity contribution in [3.8, 4) is 0 Å². The van der Waals surface area contributed by atoms with Crippen molar-refractivity contribution in [2.24, 2.45) is 11.1 Å². The monoisotopic (exact) mass is 497 g/mol. The summed E-state index contributed by atoms with van der Waals surface area (Å²) in [4.78, 5) is 16.0. The number of benzene rings is 2. The molecular formula is C21H21Cl2N3O5S. The number of hydrogen-bond donors (Lipinski definition) is 2. The first-order valence-electron chi connectivity index (χ1n) is 9.97. The van der Waals surface area contributed by atoms with Crippen molar-refractivity contribution in [1.29, 1.82) is 0 Å². The number of nitrogens with one attached hydrogen (secondary N) is 2. The van der Waals surface area contributed by atoms with E-state index in [9.17, 15) is 13.2 Å². The Morgan fingerprint density at radius 2 is 2.00 bits per heavy atom. The Bertz CT molecular complexity index is 1160. The molecule has 0 aliphatic carbocycles. The minimum absolute atomic E-state index is 0.00729. The van der Waals surface area contributed by atoms with Crippen LogP contribution in [-0.4, -0.2) is 46.3 Å². The molecule has 8 nitrogen and oxygen atoms in total. The average Bonchev–Trinajstić information content (AvgIpc) is 3.08. The van der Waals surface area contributed by atoms with Crippen molar-refractivity contribution >= 4 is 44.9 Å². The van der Waals surface area contributed by atoms with Crippen LogP contribution in [0.1, 0.15) is 23.7 Å². The summed E-state index contributed by atoms with van der Waals surface area (Å²) in [6.07, 6.45) is -0.349. The summed E-state index contributed by atoms with van der Waals surface area (Å²) in [5.41, 5.74) is 1.75. The first-order valence-corrected chi connectivity index (χ1v) is 12.2. The van der Waals surface area contributed by atoms with Crippen LogP contribution in [0.25, 0.3) is 0 Å². The van der Waals surface area contributed by atoms with Crippen molar-refractivity contribution in [3.63, 3.8) is 0 Å². The van der Waals surface area contributed by atoms with Crippen LogP contribution in [0.3, 0.4) is 0 Å². The molecule has 32 heavy (non-hydrogen) atoms. The van der Waals surface area contributed by atoms with Crippen LogP contribution < -0.4 is 10.0 Å². The molecule has 2 aromatic rings. The van der Waals surface area contributed by atoms with E-state index < -0.39 is 16.0 Å². The van der Waals surface area contributed by atoms with Gasteiger partial charge < -0.3 is 14.9 Å². The van der Waals surface area contributed by atoms with Crippen molar-refractivity contribution < 1.29 is 22.8 Å². The van der Waals surface area contributed by atoms with Gasteiger partial charge in [-0.05, 0) is 29.8 Å². The number of nitrogens with zero attached hydrogens (tertiary/aromatic N) is 1. The molecule has 0 amide bonds. The summed E-state index contributed by atoms with van der Waals surface area (Å²) in [5, 5.41) is 7.83. The number of ether oxygens (including phenoxy) is 1. The standard InChI is InChI=1S/C21H21Cl2N3O5S/c22-17-5-4-14(9-18(17)23)21-15(11-24-6-7-30-21)12-25-32(28,29)16-3-1-2-13(8-16)19-10-20(27)31-26-19/h1-5,8-9,15,21,24-25H,6-7,10-12H2/t15-,21-/m0/s1. The lowest BCUT2D eigenvalue weighted by molar-refractivity contribution is -0.140. The summed E-state index contributed by atoms with van der Waals surface area (Å²) >= 11 is 12.2. The molecule has 2 N–H and O–H groups in total. The third-order valence-corrected chi connectivity index (χ3v) is 7.43. The highest BCUT2D eigenvalue weighted by molar-refractivity contribution is 7.89. The van der Waals surface area contributed by atoms with Gasteiger partial charge >= 0.3 is 5.97 Å². The minimum Gasteiger partial charge on any atom is -0.372 e. The molecule has 4 rings (SSSR count). The van der Waals surface area contributed by atoms with E-state index in [4.69, 9.17) is 27.9 Å². The zero-order valence-electron chi connectivity index (χ0n) is 16.9. The van der Waals surface area contributed by atoms with E-state index in [2.05, 4.69) is 20.0 Å². The van der Waals surface area contributed by atoms with Crippen molar-refractivity contribution in [3.05, 3.63) is 63.6 Å². The summed E-state index contributed by atoms with van der Waals surface area (Å²) in [6, 6.07) is 11.5. The summed E-state index contributed by atoms with van der Waals surface area (Å²) < 4.78 is 34.7. The molecule has 1 fully saturated rings. The SMILES string of the molecule is O=C1CC(c2cccc(S(=O)(=O)NC[C@@H]3CNCCO[C@H]3c3ccc(Cl)c(Cl)c3)c2)=NO1. The molecule has 2 heterocycles. The normalized spacial score (nSPS) is 21.7. The first-order chi connectivity index (χ1) is 15.3. The predicted octanol–water partition coefficient (Wildman–Crippen LogP) is 2.90. The molecule has 2 aliphatic rings. The van der Waals surface area contributed by atoms with E-state index in [0.717, 1.165) is 5.56 Å². The molecule has 11 heteroatoms. The van der Waals surface area contributed by atoms with E-state index in [1.165, 1.54) is 12.1 Å². The number of halogens is 2. The average molecular weight is 498 g/mol. The van der Waals surface area contributed by atoms with Crippen LogP contribution in [0.4, 0.5) is 0 Å². The van der Waals surface area contributed by atoms with Gasteiger partial charge in [-0.25, -0.2) is 17.9 Å². The topological polar surface area (TPSA) is 106 Å². The lowest BCUT2D eigenvalue weighted by Gasteiger charge is -2.25. The lowest BCUT2D eigenvalue weighted by atomic mass is 9.95. The fourth-order valence-electron chi connectivity index (χ4n) is 3.63. The van der Waals surface area contributed by atoms with E-state index >= 15 is 0 Å². The molecule has 0 aromatic heterocycles. The lowest BCUT2D eigenvalue weighted by Crippen LogP contribution is -2.36. The highest BCUT2D eigenvalue weighted by Gasteiger charge is 2.29. The Balaban J connectivity index is 1.51. The van der Waals surface area contributed by atoms with Crippen LogP contribution in [0.5, 0.6) is 0 Å². The van der Waals surface area contributed by atoms with Gasteiger partial charge in [-0.1, -0.05) is 46.6 Å². The van der Waals surface area contributed by atoms with Crippen molar-refractivity contribution in [2.45, 2.75) is 17.4 Å². The maximum Gasteiger partial charge on any atom is 0.341 e. The number of hydrogen-bond acceptors (Lipinski definition) is 7. The van der Waals surface area contributed by atoms with Crippen LogP contribution in [-0.2, 0) is 24.4 Å². The third kappa shape index (κ3) is 5.31. The zero-order valence-corrected chi connectivity index (χ0v) is 19.2. The number of oxime groups is 1. The Morgan fingerprint density at radius 1 is 1.16 bits per heavy atom. The number of carbonyl (C=O) groups is 1. The highest BCUT2D eigenvalue weighted by Crippen LogP contribution is 2.32. The first kappa shape index (κ1) is 23.2. The van der Waals surface area contributed by atoms with Crippen LogP contribution in [0.15, 0.2) is 52.5 Å². The molecule has 2 atom stereocenters. The maximum atomic E-state index is 13.0. The van der Waals surface area contributed by atoms with Gasteiger partial charge in [0, 0.05) is 31.1 Å². The van der Waals surface area contributed by atoms with Crippen LogP contribution >= 0.6 is 23.2 Å². The smallest absolute Gasteiger partial charge is 0.341 e. The van der Waals surface area contributed by atoms with E-state index in [1.807, 2.05) is 6.07 Å². The number of carbonyl (C=O) groups excluding carboxylic acids is 1. The Kier molecular flexibility index (Phi) is 7.14. The van der Waals surface area contributed by atoms with Gasteiger partial charge in [-0.2, -0.15) is 0 Å². The van der Waals surface area contributed by atoms with Gasteiger partial charge in [0.2, 0.25) is 10.0 Å². The van der Waals surface area contributed by atoms with Gasteiger partial charge in [-0.15, -0.1) is 0 Å². The molecule has 2 aromatic carbocycles.